The molecule has 4 heteroatoms. The van der Waals surface area contributed by atoms with Crippen LogP contribution in [0.2, 0.25) is 0 Å². The van der Waals surface area contributed by atoms with E-state index >= 15 is 0 Å². The third kappa shape index (κ3) is 3.27. The smallest absolute Gasteiger partial charge is 0.0960 e. The number of aromatic nitrogens is 1. The molecule has 2 heterocycles. The summed E-state index contributed by atoms with van der Waals surface area (Å²) in [6.45, 7) is 2.88. The third-order valence-electron chi connectivity index (χ3n) is 3.00. The second-order valence-electron chi connectivity index (χ2n) is 4.27. The van der Waals surface area contributed by atoms with E-state index in [0.717, 1.165) is 39.0 Å². The van der Waals surface area contributed by atoms with Crippen molar-refractivity contribution >= 4 is 11.3 Å². The minimum Gasteiger partial charge on any atom is -0.381 e. The lowest BCUT2D eigenvalue weighted by Gasteiger charge is -2.19. The number of aryl methyl sites for hydroxylation is 1. The molecule has 0 bridgehead atoms. The average Bonchev–Trinajstić information content (AvgIpc) is 2.79. The van der Waals surface area contributed by atoms with Crippen molar-refractivity contribution in [2.45, 2.75) is 31.6 Å². The summed E-state index contributed by atoms with van der Waals surface area (Å²) in [5, 5.41) is 6.71. The van der Waals surface area contributed by atoms with Gasteiger partial charge in [-0.1, -0.05) is 0 Å². The van der Waals surface area contributed by atoms with Gasteiger partial charge in [0.05, 0.1) is 10.7 Å². The Morgan fingerprint density at radius 3 is 3.06 bits per heavy atom. The first-order chi connectivity index (χ1) is 7.90. The van der Waals surface area contributed by atoms with Crippen molar-refractivity contribution in [3.63, 3.8) is 0 Å². The Morgan fingerprint density at radius 1 is 1.50 bits per heavy atom. The summed E-state index contributed by atoms with van der Waals surface area (Å²) < 4.78 is 5.38. The average molecular weight is 240 g/mol. The van der Waals surface area contributed by atoms with Crippen LogP contribution in [0.15, 0.2) is 5.38 Å². The number of ether oxygens (including phenoxy) is 1. The topological polar surface area (TPSA) is 34.1 Å². The highest BCUT2D eigenvalue weighted by Gasteiger charge is 2.18. The monoisotopic (exact) mass is 240 g/mol. The molecule has 1 fully saturated rings. The second-order valence-corrected chi connectivity index (χ2v) is 5.16. The van der Waals surface area contributed by atoms with E-state index in [9.17, 15) is 0 Å². The molecule has 1 saturated heterocycles. The largest absolute Gasteiger partial charge is 0.381 e. The van der Waals surface area contributed by atoms with E-state index in [1.807, 2.05) is 18.4 Å². The van der Waals surface area contributed by atoms with Crippen LogP contribution in [0.3, 0.4) is 0 Å². The van der Waals surface area contributed by atoms with E-state index < -0.39 is 0 Å². The van der Waals surface area contributed by atoms with Crippen LogP contribution in [0, 0.1) is 0 Å². The molecule has 0 aromatic carbocycles. The normalized spacial score (nSPS) is 17.8. The zero-order valence-electron chi connectivity index (χ0n) is 9.87. The zero-order chi connectivity index (χ0) is 11.2. The Balaban J connectivity index is 1.85. The number of hydrogen-bond acceptors (Lipinski definition) is 4. The molecular weight excluding hydrogens is 220 g/mol. The molecule has 3 nitrogen and oxygen atoms in total. The van der Waals surface area contributed by atoms with Crippen molar-refractivity contribution in [3.8, 4) is 0 Å². The molecule has 16 heavy (non-hydrogen) atoms. The summed E-state index contributed by atoms with van der Waals surface area (Å²) in [6.07, 6.45) is 4.56. The predicted octanol–water partition coefficient (Wildman–Crippen LogP) is 2.19. The number of nitrogens with zero attached hydrogens (tertiary/aromatic N) is 1. The van der Waals surface area contributed by atoms with Gasteiger partial charge in [-0.15, -0.1) is 11.3 Å². The van der Waals surface area contributed by atoms with Crippen molar-refractivity contribution in [2.24, 2.45) is 0 Å². The highest BCUT2D eigenvalue weighted by Crippen LogP contribution is 2.29. The molecule has 1 aliphatic rings. The van der Waals surface area contributed by atoms with Gasteiger partial charge in [-0.25, -0.2) is 4.98 Å². The first-order valence-corrected chi connectivity index (χ1v) is 6.94. The standard InChI is InChI=1S/C12H20N2OS/c1-13-6-2-3-11-9-16-12(14-11)10-4-7-15-8-5-10/h9-10,13H,2-8H2,1H3. The maximum Gasteiger partial charge on any atom is 0.0960 e. The molecule has 0 aliphatic carbocycles. The Morgan fingerprint density at radius 2 is 2.31 bits per heavy atom. The fourth-order valence-electron chi connectivity index (χ4n) is 2.02. The summed E-state index contributed by atoms with van der Waals surface area (Å²) in [5.74, 6) is 0.650. The molecule has 0 spiro atoms. The van der Waals surface area contributed by atoms with Gasteiger partial charge in [-0.05, 0) is 39.3 Å². The van der Waals surface area contributed by atoms with Crippen molar-refractivity contribution in [3.05, 3.63) is 16.1 Å². The molecule has 0 unspecified atom stereocenters. The SMILES string of the molecule is CNCCCc1csc(C2CCOCC2)n1. The highest BCUT2D eigenvalue weighted by molar-refractivity contribution is 7.09. The lowest BCUT2D eigenvalue weighted by molar-refractivity contribution is 0.0852. The third-order valence-corrected chi connectivity index (χ3v) is 4.06. The van der Waals surface area contributed by atoms with Crippen LogP contribution in [0.4, 0.5) is 0 Å². The number of nitrogens with one attached hydrogen (secondary N) is 1. The molecular formula is C12H20N2OS. The van der Waals surface area contributed by atoms with E-state index in [0.29, 0.717) is 5.92 Å². The molecule has 1 N–H and O–H groups in total. The summed E-state index contributed by atoms with van der Waals surface area (Å²) in [7, 11) is 1.99. The van der Waals surface area contributed by atoms with Gasteiger partial charge >= 0.3 is 0 Å². The Bertz CT molecular complexity index is 308. The molecule has 1 aromatic rings. The summed E-state index contributed by atoms with van der Waals surface area (Å²) in [5.41, 5.74) is 1.27. The molecule has 90 valence electrons. The summed E-state index contributed by atoms with van der Waals surface area (Å²) in [4.78, 5) is 4.74. The fourth-order valence-corrected chi connectivity index (χ4v) is 3.04. The van der Waals surface area contributed by atoms with E-state index in [-0.39, 0.29) is 0 Å². The van der Waals surface area contributed by atoms with Gasteiger partial charge in [0.25, 0.3) is 0 Å². The highest BCUT2D eigenvalue weighted by atomic mass is 32.1. The summed E-state index contributed by atoms with van der Waals surface area (Å²) >= 11 is 1.83. The Kier molecular flexibility index (Phi) is 4.75. The number of rotatable bonds is 5. The van der Waals surface area contributed by atoms with Crippen LogP contribution in [0.5, 0.6) is 0 Å². The minimum absolute atomic E-state index is 0.650. The molecule has 0 amide bonds. The van der Waals surface area contributed by atoms with E-state index in [4.69, 9.17) is 9.72 Å². The van der Waals surface area contributed by atoms with Gasteiger partial charge in [-0.3, -0.25) is 0 Å². The predicted molar refractivity (Wildman–Crippen MR) is 67.2 cm³/mol. The van der Waals surface area contributed by atoms with Gasteiger partial charge in [0.15, 0.2) is 0 Å². The van der Waals surface area contributed by atoms with Crippen molar-refractivity contribution in [2.75, 3.05) is 26.8 Å². The first kappa shape index (κ1) is 12.0. The zero-order valence-corrected chi connectivity index (χ0v) is 10.7. The molecule has 1 aromatic heterocycles. The lowest BCUT2D eigenvalue weighted by Crippen LogP contribution is -2.14. The Hall–Kier alpha value is -0.450. The van der Waals surface area contributed by atoms with Crippen LogP contribution in [-0.4, -0.2) is 31.8 Å². The van der Waals surface area contributed by atoms with Crippen LogP contribution in [-0.2, 0) is 11.2 Å². The van der Waals surface area contributed by atoms with Crippen LogP contribution in [0.1, 0.15) is 35.9 Å². The quantitative estimate of drug-likeness (QED) is 0.801. The van der Waals surface area contributed by atoms with Gasteiger partial charge in [0, 0.05) is 24.5 Å². The van der Waals surface area contributed by atoms with E-state index in [1.54, 1.807) is 0 Å². The summed E-state index contributed by atoms with van der Waals surface area (Å²) in [6, 6.07) is 0. The number of thiazole rings is 1. The van der Waals surface area contributed by atoms with Gasteiger partial charge in [-0.2, -0.15) is 0 Å². The van der Waals surface area contributed by atoms with Gasteiger partial charge < -0.3 is 10.1 Å². The van der Waals surface area contributed by atoms with Gasteiger partial charge in [0.1, 0.15) is 0 Å². The second kappa shape index (κ2) is 6.33. The van der Waals surface area contributed by atoms with Gasteiger partial charge in [0.2, 0.25) is 0 Å². The fraction of sp³-hybridized carbons (Fsp3) is 0.750. The lowest BCUT2D eigenvalue weighted by atomic mass is 10.0. The van der Waals surface area contributed by atoms with Crippen LogP contribution < -0.4 is 5.32 Å². The van der Waals surface area contributed by atoms with Crippen molar-refractivity contribution < 1.29 is 4.74 Å². The Labute approximate surface area is 101 Å². The van der Waals surface area contributed by atoms with Crippen molar-refractivity contribution in [1.82, 2.24) is 10.3 Å². The molecule has 1 aliphatic heterocycles. The molecule has 0 saturated carbocycles. The van der Waals surface area contributed by atoms with Crippen LogP contribution >= 0.6 is 11.3 Å². The maximum absolute atomic E-state index is 5.38. The minimum atomic E-state index is 0.650. The van der Waals surface area contributed by atoms with Crippen LogP contribution in [0.25, 0.3) is 0 Å². The first-order valence-electron chi connectivity index (χ1n) is 6.07. The maximum atomic E-state index is 5.38. The molecule has 2 rings (SSSR count). The van der Waals surface area contributed by atoms with Crippen molar-refractivity contribution in [1.29, 1.82) is 0 Å². The molecule has 0 atom stereocenters. The number of hydrogen-bond donors (Lipinski definition) is 1. The molecule has 0 radical (unpaired) electrons. The van der Waals surface area contributed by atoms with E-state index in [2.05, 4.69) is 10.7 Å². The van der Waals surface area contributed by atoms with E-state index in [1.165, 1.54) is 17.1 Å².